The minimum absolute atomic E-state index is 0.119. The zero-order valence-electron chi connectivity index (χ0n) is 11.9. The zero-order chi connectivity index (χ0) is 15.2. The van der Waals surface area contributed by atoms with Gasteiger partial charge in [-0.25, -0.2) is 0 Å². The molecule has 1 unspecified atom stereocenters. The van der Waals surface area contributed by atoms with Crippen LogP contribution in [0.1, 0.15) is 28.8 Å². The van der Waals surface area contributed by atoms with Crippen molar-refractivity contribution < 1.29 is 14.7 Å². The lowest BCUT2D eigenvalue weighted by Crippen LogP contribution is -2.44. The topological polar surface area (TPSA) is 69.6 Å². The van der Waals surface area contributed by atoms with Crippen LogP contribution in [0.4, 0.5) is 0 Å². The summed E-state index contributed by atoms with van der Waals surface area (Å²) in [5.41, 5.74) is 1.28. The van der Waals surface area contributed by atoms with Crippen molar-refractivity contribution in [3.05, 3.63) is 35.4 Å². The van der Waals surface area contributed by atoms with E-state index in [0.29, 0.717) is 18.5 Å². The van der Waals surface area contributed by atoms with E-state index in [9.17, 15) is 9.59 Å². The number of aliphatic hydroxyl groups is 1. The predicted octanol–water partition coefficient (Wildman–Crippen LogP) is 0.381. The highest BCUT2D eigenvalue weighted by Crippen LogP contribution is 2.20. The number of likely N-dealkylation sites (tertiary alicyclic amines) is 1. The van der Waals surface area contributed by atoms with Gasteiger partial charge in [-0.05, 0) is 37.1 Å². The number of nitrogens with one attached hydrogen (secondary N) is 1. The molecule has 2 amide bonds. The maximum absolute atomic E-state index is 12.5. The van der Waals surface area contributed by atoms with Crippen LogP contribution < -0.4 is 5.32 Å². The Morgan fingerprint density at radius 3 is 2.71 bits per heavy atom. The molecule has 0 saturated carbocycles. The minimum atomic E-state index is -0.378. The molecule has 0 spiro atoms. The second-order valence-electron chi connectivity index (χ2n) is 4.81. The third-order valence-corrected chi connectivity index (χ3v) is 3.51. The van der Waals surface area contributed by atoms with Crippen molar-refractivity contribution in [1.82, 2.24) is 10.2 Å². The van der Waals surface area contributed by atoms with Crippen LogP contribution >= 0.6 is 0 Å². The average Bonchev–Trinajstić information content (AvgIpc) is 3.01. The van der Waals surface area contributed by atoms with Gasteiger partial charge in [0.1, 0.15) is 12.6 Å². The number of carbonyl (C=O) groups is 2. The van der Waals surface area contributed by atoms with Gasteiger partial charge in [0.15, 0.2) is 0 Å². The first-order valence-corrected chi connectivity index (χ1v) is 6.89. The van der Waals surface area contributed by atoms with E-state index in [1.54, 1.807) is 36.2 Å². The van der Waals surface area contributed by atoms with E-state index in [4.69, 9.17) is 5.11 Å². The lowest BCUT2D eigenvalue weighted by Gasteiger charge is -2.23. The minimum Gasteiger partial charge on any atom is -0.384 e. The second kappa shape index (κ2) is 6.91. The number of hydrogen-bond acceptors (Lipinski definition) is 3. The summed E-state index contributed by atoms with van der Waals surface area (Å²) in [4.78, 5) is 25.9. The summed E-state index contributed by atoms with van der Waals surface area (Å²) in [6.07, 6.45) is 1.54. The number of benzene rings is 1. The normalized spacial score (nSPS) is 17.0. The molecule has 2 N–H and O–H groups in total. The second-order valence-corrected chi connectivity index (χ2v) is 4.81. The molecular weight excluding hydrogens is 268 g/mol. The largest absolute Gasteiger partial charge is 0.384 e. The maximum Gasteiger partial charge on any atom is 0.254 e. The quantitative estimate of drug-likeness (QED) is 0.772. The molecule has 2 rings (SSSR count). The molecule has 21 heavy (non-hydrogen) atoms. The summed E-state index contributed by atoms with van der Waals surface area (Å²) in [5, 5.41) is 11.2. The maximum atomic E-state index is 12.5. The molecular formula is C16H18N2O3. The van der Waals surface area contributed by atoms with E-state index in [1.165, 1.54) is 0 Å². The standard InChI is InChI=1S/C16H18N2O3/c1-17-15(20)14-5-2-10-18(14)16(21)13-8-6-12(7-9-13)4-3-11-19/h6-9,14,19H,2,5,10-11H2,1H3,(H,17,20). The van der Waals surface area contributed by atoms with Crippen LogP contribution in [0, 0.1) is 11.8 Å². The molecule has 0 bridgehead atoms. The Balaban J connectivity index is 2.14. The predicted molar refractivity (Wildman–Crippen MR) is 78.5 cm³/mol. The number of aliphatic hydroxyl groups excluding tert-OH is 1. The van der Waals surface area contributed by atoms with E-state index in [-0.39, 0.29) is 24.5 Å². The van der Waals surface area contributed by atoms with Crippen LogP contribution in [0.5, 0.6) is 0 Å². The Morgan fingerprint density at radius 2 is 2.10 bits per heavy atom. The van der Waals surface area contributed by atoms with Gasteiger partial charge in [-0.1, -0.05) is 11.8 Å². The first kappa shape index (κ1) is 15.1. The number of carbonyl (C=O) groups excluding carboxylic acids is 2. The first-order valence-electron chi connectivity index (χ1n) is 6.89. The number of amides is 2. The summed E-state index contributed by atoms with van der Waals surface area (Å²) in [7, 11) is 1.58. The first-order chi connectivity index (χ1) is 10.2. The van der Waals surface area contributed by atoms with Gasteiger partial charge >= 0.3 is 0 Å². The fourth-order valence-corrected chi connectivity index (χ4v) is 2.45. The van der Waals surface area contributed by atoms with Gasteiger partial charge < -0.3 is 15.3 Å². The molecule has 1 atom stereocenters. The fourth-order valence-electron chi connectivity index (χ4n) is 2.45. The summed E-state index contributed by atoms with van der Waals surface area (Å²) < 4.78 is 0. The molecule has 5 heteroatoms. The zero-order valence-corrected chi connectivity index (χ0v) is 11.9. The summed E-state index contributed by atoms with van der Waals surface area (Å²) >= 11 is 0. The van der Waals surface area contributed by atoms with Crippen LogP contribution in [-0.2, 0) is 4.79 Å². The van der Waals surface area contributed by atoms with Gasteiger partial charge in [0.2, 0.25) is 5.91 Å². The van der Waals surface area contributed by atoms with Crippen LogP contribution in [0.25, 0.3) is 0 Å². The van der Waals surface area contributed by atoms with Crippen LogP contribution in [-0.4, -0.2) is 48.1 Å². The van der Waals surface area contributed by atoms with E-state index < -0.39 is 0 Å². The monoisotopic (exact) mass is 286 g/mol. The third-order valence-electron chi connectivity index (χ3n) is 3.51. The number of likely N-dealkylation sites (N-methyl/N-ethyl adjacent to an activating group) is 1. The Kier molecular flexibility index (Phi) is 4.96. The van der Waals surface area contributed by atoms with E-state index in [1.807, 2.05) is 0 Å². The fraction of sp³-hybridized carbons (Fsp3) is 0.375. The van der Waals surface area contributed by atoms with Crippen molar-refractivity contribution in [2.24, 2.45) is 0 Å². The summed E-state index contributed by atoms with van der Waals surface area (Å²) in [6.45, 7) is 0.408. The molecule has 1 aliphatic heterocycles. The van der Waals surface area contributed by atoms with Crippen molar-refractivity contribution in [1.29, 1.82) is 0 Å². The van der Waals surface area contributed by atoms with Gasteiger partial charge in [0, 0.05) is 24.7 Å². The molecule has 1 heterocycles. The van der Waals surface area contributed by atoms with Crippen molar-refractivity contribution in [3.8, 4) is 11.8 Å². The Bertz CT molecular complexity index is 584. The average molecular weight is 286 g/mol. The lowest BCUT2D eigenvalue weighted by atomic mass is 10.1. The third kappa shape index (κ3) is 3.41. The van der Waals surface area contributed by atoms with Crippen LogP contribution in [0.3, 0.4) is 0 Å². The molecule has 0 radical (unpaired) electrons. The van der Waals surface area contributed by atoms with E-state index >= 15 is 0 Å². The van der Waals surface area contributed by atoms with Gasteiger partial charge in [0.25, 0.3) is 5.91 Å². The van der Waals surface area contributed by atoms with Crippen LogP contribution in [0.15, 0.2) is 24.3 Å². The number of nitrogens with zero attached hydrogens (tertiary/aromatic N) is 1. The van der Waals surface area contributed by atoms with Crippen molar-refractivity contribution in [2.75, 3.05) is 20.2 Å². The SMILES string of the molecule is CNC(=O)C1CCCN1C(=O)c1ccc(C#CCO)cc1. The van der Waals surface area contributed by atoms with Gasteiger partial charge in [-0.3, -0.25) is 9.59 Å². The molecule has 0 aromatic heterocycles. The van der Waals surface area contributed by atoms with Crippen molar-refractivity contribution >= 4 is 11.8 Å². The highest BCUT2D eigenvalue weighted by Gasteiger charge is 2.33. The van der Waals surface area contributed by atoms with Gasteiger partial charge in [0.05, 0.1) is 0 Å². The van der Waals surface area contributed by atoms with Crippen molar-refractivity contribution in [2.45, 2.75) is 18.9 Å². The smallest absolute Gasteiger partial charge is 0.254 e. The Morgan fingerprint density at radius 1 is 1.38 bits per heavy atom. The molecule has 0 aliphatic carbocycles. The molecule has 1 aromatic rings. The lowest BCUT2D eigenvalue weighted by molar-refractivity contribution is -0.124. The van der Waals surface area contributed by atoms with E-state index in [0.717, 1.165) is 12.0 Å². The Hall–Kier alpha value is -2.32. The molecule has 1 fully saturated rings. The number of rotatable bonds is 2. The molecule has 5 nitrogen and oxygen atoms in total. The Labute approximate surface area is 124 Å². The number of hydrogen-bond donors (Lipinski definition) is 2. The van der Waals surface area contributed by atoms with Crippen molar-refractivity contribution in [3.63, 3.8) is 0 Å². The van der Waals surface area contributed by atoms with Gasteiger partial charge in [-0.2, -0.15) is 0 Å². The van der Waals surface area contributed by atoms with E-state index in [2.05, 4.69) is 17.2 Å². The van der Waals surface area contributed by atoms with Gasteiger partial charge in [-0.15, -0.1) is 0 Å². The molecule has 1 aliphatic rings. The molecule has 1 aromatic carbocycles. The summed E-state index contributed by atoms with van der Waals surface area (Å²) in [5.74, 6) is 5.08. The highest BCUT2D eigenvalue weighted by molar-refractivity contribution is 5.98. The molecule has 1 saturated heterocycles. The van der Waals surface area contributed by atoms with Crippen LogP contribution in [0.2, 0.25) is 0 Å². The summed E-state index contributed by atoms with van der Waals surface area (Å²) in [6, 6.07) is 6.49. The highest BCUT2D eigenvalue weighted by atomic mass is 16.2. The molecule has 110 valence electrons.